The molecule has 1 aliphatic rings. The monoisotopic (exact) mass is 619 g/mol. The third-order valence-corrected chi connectivity index (χ3v) is 7.82. The molecule has 234 valence electrons. The van der Waals surface area contributed by atoms with Crippen LogP contribution in [0.4, 0.5) is 11.4 Å². The van der Waals surface area contributed by atoms with Crippen molar-refractivity contribution in [2.45, 2.75) is 32.4 Å². The van der Waals surface area contributed by atoms with E-state index in [1.807, 2.05) is 24.3 Å². The number of β-amino-alcohol motifs (C(OH)–C–C–N with tert-alkyl or cyclic N) is 1. The van der Waals surface area contributed by atoms with Gasteiger partial charge in [0.25, 0.3) is 5.91 Å². The number of H-pyrrole nitrogens is 2. The third kappa shape index (κ3) is 6.38. The first-order valence-electron chi connectivity index (χ1n) is 14.8. The molecule has 0 bridgehead atoms. The predicted octanol–water partition coefficient (Wildman–Crippen LogP) is 3.05. The second kappa shape index (κ2) is 13.1. The van der Waals surface area contributed by atoms with E-state index in [1.54, 1.807) is 18.5 Å². The molecule has 0 radical (unpaired) electrons. The van der Waals surface area contributed by atoms with Crippen molar-refractivity contribution in [2.24, 2.45) is 11.5 Å². The van der Waals surface area contributed by atoms with Gasteiger partial charge in [0.2, 0.25) is 5.91 Å². The summed E-state index contributed by atoms with van der Waals surface area (Å²) < 4.78 is 0. The van der Waals surface area contributed by atoms with E-state index in [0.29, 0.717) is 45.9 Å². The standard InChI is InChI=1S/C25H27N7O2.C7H6N4O/c1-2-18-16(13-32-11-8-17(33)14-32)4-3-5-20(18)29-21-19(23(26)34)12-28-25-22(21)30-24(31-25)15-6-9-27-10-7-15;8-6(12)4-1-5-7(9-2-4)11-3-10-5/h3-7,9-10,12,17,33H,2,8,11,13-14H2,1H3,(H2,26,34)(H2,28,29,30,31);1-3H,(H2,8,12)(H,9,10,11). The molecular formula is C32H33N11O3. The zero-order chi connectivity index (χ0) is 32.2. The normalized spacial score (nSPS) is 14.7. The number of nitrogens with zero attached hydrogens (tertiary/aromatic N) is 6. The van der Waals surface area contributed by atoms with Gasteiger partial charge in [-0.3, -0.25) is 19.5 Å². The zero-order valence-corrected chi connectivity index (χ0v) is 25.1. The lowest BCUT2D eigenvalue weighted by Crippen LogP contribution is -2.22. The minimum atomic E-state index is -0.572. The number of amides is 2. The van der Waals surface area contributed by atoms with Crippen molar-refractivity contribution in [3.05, 3.63) is 89.8 Å². The van der Waals surface area contributed by atoms with Crippen molar-refractivity contribution in [1.29, 1.82) is 0 Å². The molecule has 6 aromatic rings. The van der Waals surface area contributed by atoms with Crippen molar-refractivity contribution in [1.82, 2.24) is 39.8 Å². The molecule has 46 heavy (non-hydrogen) atoms. The Morgan fingerprint density at radius 1 is 1.07 bits per heavy atom. The molecule has 1 aromatic carbocycles. The molecule has 14 nitrogen and oxygen atoms in total. The van der Waals surface area contributed by atoms with Crippen molar-refractivity contribution >= 4 is 45.5 Å². The van der Waals surface area contributed by atoms with Crippen LogP contribution in [0.2, 0.25) is 0 Å². The summed E-state index contributed by atoms with van der Waals surface area (Å²) in [6, 6.07) is 11.4. The van der Waals surface area contributed by atoms with Gasteiger partial charge in [-0.2, -0.15) is 0 Å². The summed E-state index contributed by atoms with van der Waals surface area (Å²) in [6.45, 7) is 4.44. The molecule has 6 heterocycles. The van der Waals surface area contributed by atoms with Crippen LogP contribution in [0.5, 0.6) is 0 Å². The minimum absolute atomic E-state index is 0.260. The number of benzene rings is 1. The molecule has 0 saturated carbocycles. The van der Waals surface area contributed by atoms with Crippen LogP contribution >= 0.6 is 0 Å². The molecule has 5 aromatic heterocycles. The number of rotatable bonds is 8. The molecule has 0 aliphatic carbocycles. The number of imidazole rings is 2. The number of carbonyl (C=O) groups is 2. The van der Waals surface area contributed by atoms with E-state index in [4.69, 9.17) is 11.5 Å². The Kier molecular flexibility index (Phi) is 8.63. The van der Waals surface area contributed by atoms with Crippen LogP contribution in [-0.2, 0) is 13.0 Å². The smallest absolute Gasteiger partial charge is 0.252 e. The summed E-state index contributed by atoms with van der Waals surface area (Å²) in [7, 11) is 0. The quantitative estimate of drug-likeness (QED) is 0.146. The number of fused-ring (bicyclic) bond motifs is 2. The maximum Gasteiger partial charge on any atom is 0.252 e. The number of nitrogens with one attached hydrogen (secondary N) is 3. The van der Waals surface area contributed by atoms with Gasteiger partial charge < -0.3 is 31.9 Å². The van der Waals surface area contributed by atoms with E-state index in [0.717, 1.165) is 42.7 Å². The number of aliphatic hydroxyl groups excluding tert-OH is 1. The van der Waals surface area contributed by atoms with Crippen LogP contribution in [0, 0.1) is 0 Å². The fourth-order valence-corrected chi connectivity index (χ4v) is 5.53. The maximum absolute atomic E-state index is 12.3. The fraction of sp³-hybridized carbons (Fsp3) is 0.219. The summed E-state index contributed by atoms with van der Waals surface area (Å²) in [6.07, 6.45) is 9.13. The van der Waals surface area contributed by atoms with E-state index >= 15 is 0 Å². The highest BCUT2D eigenvalue weighted by Crippen LogP contribution is 2.33. The van der Waals surface area contributed by atoms with E-state index in [9.17, 15) is 14.7 Å². The highest BCUT2D eigenvalue weighted by molar-refractivity contribution is 6.06. The lowest BCUT2D eigenvalue weighted by Gasteiger charge is -2.20. The average Bonchev–Trinajstić information content (AvgIpc) is 3.81. The molecular weight excluding hydrogens is 586 g/mol. The number of aromatic amines is 2. The van der Waals surface area contributed by atoms with Gasteiger partial charge in [0.1, 0.15) is 11.3 Å². The van der Waals surface area contributed by atoms with Crippen LogP contribution < -0.4 is 16.8 Å². The van der Waals surface area contributed by atoms with Gasteiger partial charge in [0, 0.05) is 55.7 Å². The highest BCUT2D eigenvalue weighted by Gasteiger charge is 2.22. The number of likely N-dealkylation sites (tertiary alicyclic amines) is 1. The second-order valence-corrected chi connectivity index (χ2v) is 10.9. The van der Waals surface area contributed by atoms with Gasteiger partial charge >= 0.3 is 0 Å². The molecule has 7 rings (SSSR count). The number of pyridine rings is 3. The van der Waals surface area contributed by atoms with E-state index < -0.39 is 11.8 Å². The molecule has 1 unspecified atom stereocenters. The zero-order valence-electron chi connectivity index (χ0n) is 25.1. The summed E-state index contributed by atoms with van der Waals surface area (Å²) >= 11 is 0. The van der Waals surface area contributed by atoms with Crippen molar-refractivity contribution in [3.8, 4) is 11.4 Å². The van der Waals surface area contributed by atoms with Gasteiger partial charge in [-0.1, -0.05) is 19.1 Å². The summed E-state index contributed by atoms with van der Waals surface area (Å²) in [5, 5.41) is 13.4. The Hall–Kier alpha value is -5.73. The van der Waals surface area contributed by atoms with Crippen molar-refractivity contribution in [2.75, 3.05) is 18.4 Å². The van der Waals surface area contributed by atoms with Crippen LogP contribution in [0.3, 0.4) is 0 Å². The van der Waals surface area contributed by atoms with Crippen LogP contribution in [0.25, 0.3) is 33.7 Å². The summed E-state index contributed by atoms with van der Waals surface area (Å²) in [5.41, 5.74) is 18.5. The predicted molar refractivity (Wildman–Crippen MR) is 173 cm³/mol. The number of hydrogen-bond donors (Lipinski definition) is 6. The molecule has 1 saturated heterocycles. The number of primary amides is 2. The number of anilines is 2. The van der Waals surface area contributed by atoms with E-state index in [-0.39, 0.29) is 11.7 Å². The van der Waals surface area contributed by atoms with Crippen molar-refractivity contribution < 1.29 is 14.7 Å². The average molecular weight is 620 g/mol. The number of hydrogen-bond acceptors (Lipinski definition) is 10. The molecule has 2 amide bonds. The Morgan fingerprint density at radius 2 is 1.87 bits per heavy atom. The second-order valence-electron chi connectivity index (χ2n) is 10.9. The van der Waals surface area contributed by atoms with Gasteiger partial charge in [0.15, 0.2) is 11.3 Å². The first-order valence-corrected chi connectivity index (χ1v) is 14.8. The molecule has 1 atom stereocenters. The summed E-state index contributed by atoms with van der Waals surface area (Å²) in [5.74, 6) is -0.428. The first-order chi connectivity index (χ1) is 22.3. The van der Waals surface area contributed by atoms with Crippen molar-refractivity contribution in [3.63, 3.8) is 0 Å². The SMILES string of the molecule is CCc1c(CN2CCC(O)C2)cccc1Nc1c(C(N)=O)cnc2nc(-c3ccncc3)[nH]c12.NC(=O)c1cnc2nc[nH]c2c1. The molecule has 1 aliphatic heterocycles. The Bertz CT molecular complexity index is 2020. The Labute approximate surface area is 263 Å². The first kappa shape index (κ1) is 30.3. The fourth-order valence-electron chi connectivity index (χ4n) is 5.53. The lowest BCUT2D eigenvalue weighted by atomic mass is 10.0. The van der Waals surface area contributed by atoms with Gasteiger partial charge in [0.05, 0.1) is 34.8 Å². The number of carbonyl (C=O) groups excluding carboxylic acids is 2. The number of aliphatic hydroxyl groups is 1. The molecule has 8 N–H and O–H groups in total. The maximum atomic E-state index is 12.3. The third-order valence-electron chi connectivity index (χ3n) is 7.82. The van der Waals surface area contributed by atoms with Crippen LogP contribution in [0.1, 0.15) is 45.2 Å². The summed E-state index contributed by atoms with van der Waals surface area (Å²) in [4.78, 5) is 52.2. The largest absolute Gasteiger partial charge is 0.392 e. The van der Waals surface area contributed by atoms with Crippen LogP contribution in [0.15, 0.2) is 67.5 Å². The Balaban J connectivity index is 0.000000259. The molecule has 0 spiro atoms. The van der Waals surface area contributed by atoms with Gasteiger partial charge in [-0.15, -0.1) is 0 Å². The number of nitrogens with two attached hydrogens (primary N) is 2. The molecule has 1 fully saturated rings. The van der Waals surface area contributed by atoms with Gasteiger partial charge in [-0.05, 0) is 48.2 Å². The Morgan fingerprint density at radius 3 is 2.59 bits per heavy atom. The van der Waals surface area contributed by atoms with E-state index in [2.05, 4.69) is 58.1 Å². The molecule has 14 heteroatoms. The number of aromatic nitrogens is 7. The van der Waals surface area contributed by atoms with Crippen LogP contribution in [-0.4, -0.2) is 75.9 Å². The highest BCUT2D eigenvalue weighted by atomic mass is 16.3. The minimum Gasteiger partial charge on any atom is -0.392 e. The topological polar surface area (TPSA) is 218 Å². The lowest BCUT2D eigenvalue weighted by molar-refractivity contribution is 0.0992. The van der Waals surface area contributed by atoms with Gasteiger partial charge in [-0.25, -0.2) is 19.9 Å². The van der Waals surface area contributed by atoms with E-state index in [1.165, 1.54) is 24.3 Å².